The average molecular weight is 216 g/mol. The molecule has 2 aromatic rings. The van der Waals surface area contributed by atoms with Gasteiger partial charge in [0.1, 0.15) is 0 Å². The van der Waals surface area contributed by atoms with E-state index in [0.29, 0.717) is 5.39 Å². The predicted octanol–water partition coefficient (Wildman–Crippen LogP) is 2.10. The van der Waals surface area contributed by atoms with Crippen LogP contribution >= 0.6 is 10.7 Å². The quantitative estimate of drug-likeness (QED) is 0.741. The van der Waals surface area contributed by atoms with Crippen molar-refractivity contribution in [1.29, 1.82) is 0 Å². The van der Waals surface area contributed by atoms with Crippen molar-refractivity contribution in [2.75, 3.05) is 0 Å². The number of aromatic amines is 1. The standard InChI is InChI=1S/C8H6ClNO2S/c9-13(11,12)8-3-1-2-6-4-10-5-7(6)8/h1-5,10H. The maximum absolute atomic E-state index is 11.1. The largest absolute Gasteiger partial charge is 0.366 e. The van der Waals surface area contributed by atoms with Gasteiger partial charge in [-0.05, 0) is 6.07 Å². The van der Waals surface area contributed by atoms with Crippen molar-refractivity contribution in [3.63, 3.8) is 0 Å². The van der Waals surface area contributed by atoms with Crippen LogP contribution in [0.2, 0.25) is 0 Å². The monoisotopic (exact) mass is 215 g/mol. The molecule has 0 aliphatic rings. The highest BCUT2D eigenvalue weighted by atomic mass is 35.7. The van der Waals surface area contributed by atoms with Crippen molar-refractivity contribution in [1.82, 2.24) is 4.98 Å². The number of hydrogen-bond acceptors (Lipinski definition) is 2. The minimum absolute atomic E-state index is 0.146. The minimum Gasteiger partial charge on any atom is -0.366 e. The fraction of sp³-hybridized carbons (Fsp3) is 0. The SMILES string of the molecule is O=S(=O)(Cl)c1cccc2c[nH]cc12. The number of rotatable bonds is 1. The third-order valence-corrected chi connectivity index (χ3v) is 3.21. The zero-order chi connectivity index (χ0) is 9.47. The lowest BCUT2D eigenvalue weighted by atomic mass is 10.2. The van der Waals surface area contributed by atoms with Crippen LogP contribution in [0.1, 0.15) is 0 Å². The lowest BCUT2D eigenvalue weighted by Gasteiger charge is -1.96. The zero-order valence-corrected chi connectivity index (χ0v) is 8.06. The Morgan fingerprint density at radius 1 is 1.23 bits per heavy atom. The maximum atomic E-state index is 11.1. The molecule has 5 heteroatoms. The Kier molecular flexibility index (Phi) is 1.82. The summed E-state index contributed by atoms with van der Waals surface area (Å²) in [6.45, 7) is 0. The molecule has 0 spiro atoms. The smallest absolute Gasteiger partial charge is 0.261 e. The third kappa shape index (κ3) is 1.43. The van der Waals surface area contributed by atoms with Gasteiger partial charge in [-0.1, -0.05) is 12.1 Å². The summed E-state index contributed by atoms with van der Waals surface area (Å²) in [6, 6.07) is 4.96. The van der Waals surface area contributed by atoms with Crippen molar-refractivity contribution in [3.8, 4) is 0 Å². The van der Waals surface area contributed by atoms with Gasteiger partial charge in [-0.2, -0.15) is 0 Å². The van der Waals surface area contributed by atoms with Crippen molar-refractivity contribution in [2.24, 2.45) is 0 Å². The molecule has 68 valence electrons. The number of halogens is 1. The molecular formula is C8H6ClNO2S. The number of H-pyrrole nitrogens is 1. The molecule has 0 aliphatic heterocycles. The molecule has 13 heavy (non-hydrogen) atoms. The zero-order valence-electron chi connectivity index (χ0n) is 6.49. The molecule has 0 aliphatic carbocycles. The predicted molar refractivity (Wildman–Crippen MR) is 51.3 cm³/mol. The molecule has 1 aromatic heterocycles. The molecule has 0 unspecified atom stereocenters. The lowest BCUT2D eigenvalue weighted by molar-refractivity contribution is 0.610. The first-order chi connectivity index (χ1) is 6.09. The molecule has 0 bridgehead atoms. The van der Waals surface area contributed by atoms with Gasteiger partial charge in [0.2, 0.25) is 0 Å². The highest BCUT2D eigenvalue weighted by Crippen LogP contribution is 2.24. The Morgan fingerprint density at radius 3 is 2.69 bits per heavy atom. The first-order valence-corrected chi connectivity index (χ1v) is 5.90. The van der Waals surface area contributed by atoms with Gasteiger partial charge in [0.05, 0.1) is 4.90 Å². The van der Waals surface area contributed by atoms with Crippen LogP contribution in [0.25, 0.3) is 10.8 Å². The number of benzene rings is 1. The second-order valence-electron chi connectivity index (χ2n) is 2.65. The fourth-order valence-corrected chi connectivity index (χ4v) is 2.35. The molecule has 0 atom stereocenters. The molecular weight excluding hydrogens is 210 g/mol. The second kappa shape index (κ2) is 2.75. The van der Waals surface area contributed by atoms with E-state index >= 15 is 0 Å². The Labute approximate surface area is 79.8 Å². The van der Waals surface area contributed by atoms with E-state index in [2.05, 4.69) is 4.98 Å². The summed E-state index contributed by atoms with van der Waals surface area (Å²) in [5.41, 5.74) is 0. The van der Waals surface area contributed by atoms with Gasteiger partial charge in [0, 0.05) is 33.8 Å². The van der Waals surface area contributed by atoms with Crippen LogP contribution in [-0.4, -0.2) is 13.4 Å². The van der Waals surface area contributed by atoms with Gasteiger partial charge in [-0.3, -0.25) is 0 Å². The minimum atomic E-state index is -3.65. The van der Waals surface area contributed by atoms with Gasteiger partial charge in [0.15, 0.2) is 0 Å². The van der Waals surface area contributed by atoms with Crippen molar-refractivity contribution in [2.45, 2.75) is 4.90 Å². The number of hydrogen-bond donors (Lipinski definition) is 1. The Bertz CT molecular complexity index is 544. The average Bonchev–Trinajstić information content (AvgIpc) is 2.48. The molecule has 0 fully saturated rings. The van der Waals surface area contributed by atoms with Crippen LogP contribution in [-0.2, 0) is 9.05 Å². The highest BCUT2D eigenvalue weighted by Gasteiger charge is 2.13. The Hall–Kier alpha value is -1.00. The molecule has 0 saturated heterocycles. The summed E-state index contributed by atoms with van der Waals surface area (Å²) in [7, 11) is 1.61. The summed E-state index contributed by atoms with van der Waals surface area (Å²) in [6.07, 6.45) is 3.34. The maximum Gasteiger partial charge on any atom is 0.261 e. The normalized spacial score (nSPS) is 12.1. The van der Waals surface area contributed by atoms with E-state index in [0.717, 1.165) is 5.39 Å². The summed E-state index contributed by atoms with van der Waals surface area (Å²) >= 11 is 0. The van der Waals surface area contributed by atoms with E-state index in [1.165, 1.54) is 6.07 Å². The second-order valence-corrected chi connectivity index (χ2v) is 5.19. The van der Waals surface area contributed by atoms with Crippen molar-refractivity contribution in [3.05, 3.63) is 30.6 Å². The molecule has 1 aromatic carbocycles. The van der Waals surface area contributed by atoms with Crippen LogP contribution in [0.3, 0.4) is 0 Å². The van der Waals surface area contributed by atoms with E-state index in [1.54, 1.807) is 18.5 Å². The number of fused-ring (bicyclic) bond motifs is 1. The van der Waals surface area contributed by atoms with Gasteiger partial charge >= 0.3 is 0 Å². The van der Waals surface area contributed by atoms with Gasteiger partial charge in [-0.25, -0.2) is 8.42 Å². The Balaban J connectivity index is 2.91. The van der Waals surface area contributed by atoms with Gasteiger partial charge in [0.25, 0.3) is 9.05 Å². The van der Waals surface area contributed by atoms with E-state index in [-0.39, 0.29) is 4.90 Å². The summed E-state index contributed by atoms with van der Waals surface area (Å²) in [4.78, 5) is 2.97. The summed E-state index contributed by atoms with van der Waals surface area (Å²) < 4.78 is 22.2. The summed E-state index contributed by atoms with van der Waals surface area (Å²) in [5, 5.41) is 1.46. The summed E-state index contributed by atoms with van der Waals surface area (Å²) in [5.74, 6) is 0. The van der Waals surface area contributed by atoms with Crippen LogP contribution in [0, 0.1) is 0 Å². The molecule has 0 saturated carbocycles. The molecule has 1 N–H and O–H groups in total. The Morgan fingerprint density at radius 2 is 2.00 bits per heavy atom. The first kappa shape index (κ1) is 8.59. The van der Waals surface area contributed by atoms with E-state index in [9.17, 15) is 8.42 Å². The molecule has 1 heterocycles. The topological polar surface area (TPSA) is 49.9 Å². The molecule has 0 amide bonds. The van der Waals surface area contributed by atoms with E-state index in [1.807, 2.05) is 6.07 Å². The molecule has 3 nitrogen and oxygen atoms in total. The van der Waals surface area contributed by atoms with E-state index < -0.39 is 9.05 Å². The third-order valence-electron chi connectivity index (χ3n) is 1.83. The van der Waals surface area contributed by atoms with Crippen LogP contribution in [0.15, 0.2) is 35.5 Å². The number of aromatic nitrogens is 1. The molecule has 0 radical (unpaired) electrons. The molecule has 2 rings (SSSR count). The van der Waals surface area contributed by atoms with Gasteiger partial charge < -0.3 is 4.98 Å². The van der Waals surface area contributed by atoms with Crippen LogP contribution in [0.4, 0.5) is 0 Å². The van der Waals surface area contributed by atoms with Crippen molar-refractivity contribution >= 4 is 30.5 Å². The fourth-order valence-electron chi connectivity index (χ4n) is 1.27. The first-order valence-electron chi connectivity index (χ1n) is 3.59. The van der Waals surface area contributed by atoms with E-state index in [4.69, 9.17) is 10.7 Å². The van der Waals surface area contributed by atoms with Crippen LogP contribution < -0.4 is 0 Å². The van der Waals surface area contributed by atoms with Gasteiger partial charge in [-0.15, -0.1) is 0 Å². The van der Waals surface area contributed by atoms with Crippen molar-refractivity contribution < 1.29 is 8.42 Å². The van der Waals surface area contributed by atoms with Crippen LogP contribution in [0.5, 0.6) is 0 Å². The highest BCUT2D eigenvalue weighted by molar-refractivity contribution is 8.14. The lowest BCUT2D eigenvalue weighted by Crippen LogP contribution is -1.89. The number of nitrogens with one attached hydrogen (secondary N) is 1.